The highest BCUT2D eigenvalue weighted by Crippen LogP contribution is 2.11. The average Bonchev–Trinajstić information content (AvgIpc) is 2.10. The van der Waals surface area contributed by atoms with Crippen LogP contribution in [0.4, 0.5) is 0 Å². The van der Waals surface area contributed by atoms with E-state index >= 15 is 0 Å². The molecule has 2 heteroatoms. The third kappa shape index (κ3) is 1.36. The summed E-state index contributed by atoms with van der Waals surface area (Å²) in [7, 11) is 0. The molecule has 1 rings (SSSR count). The Balaban J connectivity index is 3.01. The Morgan fingerprint density at radius 3 is 2.44 bits per heavy atom. The van der Waals surface area contributed by atoms with Crippen LogP contribution in [0, 0.1) is 13.8 Å². The molecule has 1 heterocycles. The highest BCUT2D eigenvalue weighted by molar-refractivity contribution is 9.08. The van der Waals surface area contributed by atoms with Crippen LogP contribution in [0.3, 0.4) is 0 Å². The Morgan fingerprint density at radius 2 is 2.22 bits per heavy atom. The lowest BCUT2D eigenvalue weighted by atomic mass is 10.3. The molecular weight excluding hydrogens is 178 g/mol. The van der Waals surface area contributed by atoms with Gasteiger partial charge in [-0.15, -0.1) is 0 Å². The highest BCUT2D eigenvalue weighted by atomic mass is 79.9. The largest absolute Gasteiger partial charge is 0.362 e. The lowest BCUT2D eigenvalue weighted by Gasteiger charge is -1.87. The number of aromatic amines is 1. The van der Waals surface area contributed by atoms with Crippen molar-refractivity contribution in [3.05, 3.63) is 23.0 Å². The molecule has 0 saturated heterocycles. The van der Waals surface area contributed by atoms with Gasteiger partial charge in [-0.1, -0.05) is 15.9 Å². The molecule has 0 radical (unpaired) electrons. The minimum absolute atomic E-state index is 0.948. The number of aryl methyl sites for hydroxylation is 2. The first-order valence-corrected chi connectivity index (χ1v) is 4.07. The third-order valence-corrected chi connectivity index (χ3v) is 2.01. The van der Waals surface area contributed by atoms with E-state index in [0.29, 0.717) is 0 Å². The molecule has 0 bridgehead atoms. The van der Waals surface area contributed by atoms with Crippen molar-refractivity contribution in [1.82, 2.24) is 4.98 Å². The van der Waals surface area contributed by atoms with Crippen LogP contribution >= 0.6 is 15.9 Å². The first kappa shape index (κ1) is 6.87. The minimum atomic E-state index is 0.948. The van der Waals surface area contributed by atoms with E-state index in [9.17, 15) is 0 Å². The lowest BCUT2D eigenvalue weighted by molar-refractivity contribution is 1.17. The Bertz CT molecular complexity index is 203. The Kier molecular flexibility index (Phi) is 1.96. The fourth-order valence-electron chi connectivity index (χ4n) is 0.921. The fraction of sp³-hybridized carbons (Fsp3) is 0.429. The van der Waals surface area contributed by atoms with Crippen LogP contribution in [-0.4, -0.2) is 4.98 Å². The number of H-pyrrole nitrogens is 1. The van der Waals surface area contributed by atoms with Crippen LogP contribution < -0.4 is 0 Å². The van der Waals surface area contributed by atoms with Crippen molar-refractivity contribution in [2.75, 3.05) is 0 Å². The molecule has 1 aromatic rings. The SMILES string of the molecule is Cc1cc(CBr)c(C)[nH]1. The number of hydrogen-bond donors (Lipinski definition) is 1. The van der Waals surface area contributed by atoms with Gasteiger partial charge in [0.05, 0.1) is 0 Å². The molecule has 1 aromatic heterocycles. The molecule has 1 N–H and O–H groups in total. The standard InChI is InChI=1S/C7H10BrN/c1-5-3-7(4-8)6(2)9-5/h3,9H,4H2,1-2H3. The number of nitrogens with one attached hydrogen (secondary N) is 1. The number of aromatic nitrogens is 1. The van der Waals surface area contributed by atoms with Gasteiger partial charge in [-0.2, -0.15) is 0 Å². The van der Waals surface area contributed by atoms with Gasteiger partial charge in [0, 0.05) is 16.7 Å². The van der Waals surface area contributed by atoms with Crippen molar-refractivity contribution in [3.8, 4) is 0 Å². The monoisotopic (exact) mass is 187 g/mol. The van der Waals surface area contributed by atoms with E-state index in [2.05, 4.69) is 40.8 Å². The second kappa shape index (κ2) is 2.56. The van der Waals surface area contributed by atoms with Gasteiger partial charge < -0.3 is 4.98 Å². The maximum atomic E-state index is 3.40. The van der Waals surface area contributed by atoms with E-state index in [1.165, 1.54) is 17.0 Å². The molecule has 0 fully saturated rings. The summed E-state index contributed by atoms with van der Waals surface area (Å²) in [6.45, 7) is 4.16. The van der Waals surface area contributed by atoms with Crippen LogP contribution in [0.25, 0.3) is 0 Å². The van der Waals surface area contributed by atoms with Crippen molar-refractivity contribution < 1.29 is 0 Å². The van der Waals surface area contributed by atoms with Gasteiger partial charge in [-0.3, -0.25) is 0 Å². The van der Waals surface area contributed by atoms with Gasteiger partial charge in [-0.25, -0.2) is 0 Å². The molecule has 0 aromatic carbocycles. The van der Waals surface area contributed by atoms with Gasteiger partial charge in [-0.05, 0) is 25.5 Å². The summed E-state index contributed by atoms with van der Waals surface area (Å²) < 4.78 is 0. The molecule has 0 atom stereocenters. The maximum Gasteiger partial charge on any atom is 0.0300 e. The highest BCUT2D eigenvalue weighted by Gasteiger charge is 1.97. The van der Waals surface area contributed by atoms with Gasteiger partial charge in [0.1, 0.15) is 0 Å². The van der Waals surface area contributed by atoms with E-state index in [-0.39, 0.29) is 0 Å². The van der Waals surface area contributed by atoms with Crippen LogP contribution in [0.2, 0.25) is 0 Å². The molecular formula is C7H10BrN. The fourth-order valence-corrected chi connectivity index (χ4v) is 1.50. The van der Waals surface area contributed by atoms with Gasteiger partial charge in [0.2, 0.25) is 0 Å². The average molecular weight is 188 g/mol. The summed E-state index contributed by atoms with van der Waals surface area (Å²) in [5, 5.41) is 0.948. The van der Waals surface area contributed by atoms with E-state index < -0.39 is 0 Å². The van der Waals surface area contributed by atoms with E-state index in [0.717, 1.165) is 5.33 Å². The second-order valence-corrected chi connectivity index (χ2v) is 2.80. The first-order chi connectivity index (χ1) is 4.24. The summed E-state index contributed by atoms with van der Waals surface area (Å²) in [5.74, 6) is 0. The van der Waals surface area contributed by atoms with Crippen LogP contribution in [0.15, 0.2) is 6.07 Å². The molecule has 9 heavy (non-hydrogen) atoms. The molecule has 0 aliphatic rings. The van der Waals surface area contributed by atoms with Crippen molar-refractivity contribution in [3.63, 3.8) is 0 Å². The van der Waals surface area contributed by atoms with Gasteiger partial charge in [0.25, 0.3) is 0 Å². The molecule has 0 aliphatic carbocycles. The smallest absolute Gasteiger partial charge is 0.0300 e. The molecule has 0 spiro atoms. The summed E-state index contributed by atoms with van der Waals surface area (Å²) in [4.78, 5) is 3.23. The zero-order valence-electron chi connectivity index (χ0n) is 5.66. The van der Waals surface area contributed by atoms with E-state index in [1.807, 2.05) is 0 Å². The zero-order chi connectivity index (χ0) is 6.85. The van der Waals surface area contributed by atoms with Crippen molar-refractivity contribution >= 4 is 15.9 Å². The number of halogens is 1. The normalized spacial score (nSPS) is 10.1. The quantitative estimate of drug-likeness (QED) is 0.651. The molecule has 0 unspecified atom stereocenters. The van der Waals surface area contributed by atoms with E-state index in [1.54, 1.807) is 0 Å². The molecule has 0 amide bonds. The summed E-state index contributed by atoms with van der Waals surface area (Å²) in [6.07, 6.45) is 0. The van der Waals surface area contributed by atoms with Crippen LogP contribution in [-0.2, 0) is 5.33 Å². The predicted octanol–water partition coefficient (Wildman–Crippen LogP) is 2.53. The Labute approximate surface area is 63.6 Å². The third-order valence-electron chi connectivity index (χ3n) is 1.40. The Morgan fingerprint density at radius 1 is 1.56 bits per heavy atom. The van der Waals surface area contributed by atoms with Gasteiger partial charge in [0.15, 0.2) is 0 Å². The summed E-state index contributed by atoms with van der Waals surface area (Å²) >= 11 is 3.40. The number of hydrogen-bond acceptors (Lipinski definition) is 0. The van der Waals surface area contributed by atoms with Crippen molar-refractivity contribution in [1.29, 1.82) is 0 Å². The van der Waals surface area contributed by atoms with Gasteiger partial charge >= 0.3 is 0 Å². The second-order valence-electron chi connectivity index (χ2n) is 2.24. The number of rotatable bonds is 1. The maximum absolute atomic E-state index is 3.40. The van der Waals surface area contributed by atoms with Crippen molar-refractivity contribution in [2.24, 2.45) is 0 Å². The molecule has 1 nitrogen and oxygen atoms in total. The summed E-state index contributed by atoms with van der Waals surface area (Å²) in [6, 6.07) is 2.16. The topological polar surface area (TPSA) is 15.8 Å². The lowest BCUT2D eigenvalue weighted by Crippen LogP contribution is -1.75. The first-order valence-electron chi connectivity index (χ1n) is 2.95. The molecule has 0 aliphatic heterocycles. The van der Waals surface area contributed by atoms with E-state index in [4.69, 9.17) is 0 Å². The predicted molar refractivity (Wildman–Crippen MR) is 42.9 cm³/mol. The van der Waals surface area contributed by atoms with Crippen LogP contribution in [0.5, 0.6) is 0 Å². The summed E-state index contributed by atoms with van der Waals surface area (Å²) in [5.41, 5.74) is 3.86. The molecule has 50 valence electrons. The zero-order valence-corrected chi connectivity index (χ0v) is 7.25. The van der Waals surface area contributed by atoms with Crippen LogP contribution in [0.1, 0.15) is 17.0 Å². The van der Waals surface area contributed by atoms with Crippen molar-refractivity contribution in [2.45, 2.75) is 19.2 Å². The number of alkyl halides is 1. The Hall–Kier alpha value is -0.240. The minimum Gasteiger partial charge on any atom is -0.362 e. The molecule has 0 saturated carbocycles.